The van der Waals surface area contributed by atoms with Gasteiger partial charge in [0.1, 0.15) is 0 Å². The van der Waals surface area contributed by atoms with Crippen LogP contribution in [0.3, 0.4) is 0 Å². The van der Waals surface area contributed by atoms with E-state index < -0.39 is 23.5 Å². The van der Waals surface area contributed by atoms with E-state index in [1.54, 1.807) is 6.07 Å². The zero-order chi connectivity index (χ0) is 21.2. The van der Waals surface area contributed by atoms with Crippen LogP contribution in [0.4, 0.5) is 26.3 Å². The van der Waals surface area contributed by atoms with Gasteiger partial charge in [-0.15, -0.1) is 0 Å². The van der Waals surface area contributed by atoms with Gasteiger partial charge in [-0.1, -0.05) is 24.3 Å². The van der Waals surface area contributed by atoms with E-state index in [4.69, 9.17) is 5.26 Å². The average molecular weight is 406 g/mol. The van der Waals surface area contributed by atoms with Crippen LogP contribution in [-0.4, -0.2) is 4.98 Å². The van der Waals surface area contributed by atoms with Gasteiger partial charge in [-0.05, 0) is 41.5 Å². The Balaban J connectivity index is 1.98. The summed E-state index contributed by atoms with van der Waals surface area (Å²) in [6, 6.07) is 12.4. The summed E-state index contributed by atoms with van der Waals surface area (Å²) in [5, 5.41) is 9.09. The topological polar surface area (TPSA) is 36.7 Å². The largest absolute Gasteiger partial charge is 0.416 e. The van der Waals surface area contributed by atoms with Crippen LogP contribution in [0, 0.1) is 11.3 Å². The van der Waals surface area contributed by atoms with Crippen molar-refractivity contribution in [1.29, 1.82) is 5.26 Å². The van der Waals surface area contributed by atoms with Gasteiger partial charge in [0.2, 0.25) is 0 Å². The van der Waals surface area contributed by atoms with Gasteiger partial charge in [0.05, 0.1) is 29.3 Å². The molecule has 0 N–H and O–H groups in total. The van der Waals surface area contributed by atoms with Crippen molar-refractivity contribution >= 4 is 0 Å². The molecule has 8 heteroatoms. The van der Waals surface area contributed by atoms with Crippen LogP contribution >= 0.6 is 0 Å². The Kier molecular flexibility index (Phi) is 5.33. The van der Waals surface area contributed by atoms with Crippen molar-refractivity contribution < 1.29 is 26.3 Å². The van der Waals surface area contributed by atoms with Crippen LogP contribution in [0.25, 0.3) is 22.4 Å². The first-order valence-corrected chi connectivity index (χ1v) is 8.31. The number of halogens is 6. The molecular weight excluding hydrogens is 394 g/mol. The second-order valence-electron chi connectivity index (χ2n) is 6.21. The summed E-state index contributed by atoms with van der Waals surface area (Å²) in [6.45, 7) is 0. The molecule has 0 aliphatic heterocycles. The van der Waals surface area contributed by atoms with E-state index in [1.165, 1.54) is 30.5 Å². The molecule has 0 unspecified atom stereocenters. The molecule has 0 spiro atoms. The Labute approximate surface area is 162 Å². The number of aromatic nitrogens is 1. The van der Waals surface area contributed by atoms with Crippen LogP contribution in [0.2, 0.25) is 0 Å². The summed E-state index contributed by atoms with van der Waals surface area (Å²) >= 11 is 0. The van der Waals surface area contributed by atoms with E-state index in [0.717, 1.165) is 24.3 Å². The number of nitriles is 1. The smallest absolute Gasteiger partial charge is 0.256 e. The maximum atomic E-state index is 12.7. The van der Waals surface area contributed by atoms with E-state index in [0.29, 0.717) is 27.9 Å². The van der Waals surface area contributed by atoms with Gasteiger partial charge in [0.25, 0.3) is 0 Å². The van der Waals surface area contributed by atoms with Gasteiger partial charge in [-0.25, -0.2) is 0 Å². The highest BCUT2D eigenvalue weighted by Crippen LogP contribution is 2.34. The summed E-state index contributed by atoms with van der Waals surface area (Å²) in [5.41, 5.74) is 0.649. The fourth-order valence-electron chi connectivity index (χ4n) is 2.82. The Morgan fingerprint density at radius 1 is 0.759 bits per heavy atom. The Morgan fingerprint density at radius 2 is 1.24 bits per heavy atom. The molecule has 1 aromatic heterocycles. The third-order valence-electron chi connectivity index (χ3n) is 4.29. The Bertz CT molecular complexity index is 1040. The number of rotatable bonds is 3. The van der Waals surface area contributed by atoms with E-state index in [-0.39, 0.29) is 6.42 Å². The number of hydrogen-bond acceptors (Lipinski definition) is 2. The first-order chi connectivity index (χ1) is 13.6. The lowest BCUT2D eigenvalue weighted by Gasteiger charge is -2.12. The quantitative estimate of drug-likeness (QED) is 0.465. The molecular formula is C21H12F6N2. The predicted octanol–water partition coefficient (Wildman–Crippen LogP) is 6.52. The van der Waals surface area contributed by atoms with E-state index in [9.17, 15) is 26.3 Å². The number of benzene rings is 2. The molecule has 0 aliphatic carbocycles. The van der Waals surface area contributed by atoms with Crippen molar-refractivity contribution in [3.05, 3.63) is 77.5 Å². The van der Waals surface area contributed by atoms with Crippen LogP contribution in [0.15, 0.2) is 60.8 Å². The molecule has 0 radical (unpaired) electrons. The van der Waals surface area contributed by atoms with E-state index in [1.807, 2.05) is 6.07 Å². The van der Waals surface area contributed by atoms with Crippen molar-refractivity contribution in [2.45, 2.75) is 18.8 Å². The van der Waals surface area contributed by atoms with Crippen molar-refractivity contribution in [2.24, 2.45) is 0 Å². The first-order valence-electron chi connectivity index (χ1n) is 8.31. The fraction of sp³-hybridized carbons (Fsp3) is 0.143. The number of pyridine rings is 1. The predicted molar refractivity (Wildman–Crippen MR) is 94.4 cm³/mol. The second-order valence-corrected chi connectivity index (χ2v) is 6.21. The molecule has 0 amide bonds. The average Bonchev–Trinajstić information content (AvgIpc) is 2.67. The molecule has 0 fully saturated rings. The molecule has 0 saturated heterocycles. The molecule has 0 atom stereocenters. The lowest BCUT2D eigenvalue weighted by molar-refractivity contribution is -0.138. The van der Waals surface area contributed by atoms with Crippen LogP contribution < -0.4 is 0 Å². The third kappa shape index (κ3) is 4.57. The van der Waals surface area contributed by atoms with Crippen LogP contribution in [0.5, 0.6) is 0 Å². The molecule has 2 nitrogen and oxygen atoms in total. The zero-order valence-corrected chi connectivity index (χ0v) is 14.6. The van der Waals surface area contributed by atoms with Gasteiger partial charge in [-0.3, -0.25) is 4.98 Å². The molecule has 0 aliphatic rings. The SMILES string of the molecule is N#CCc1cc(-c2ccc(C(F)(F)F)cc2)ncc1-c1ccc(C(F)(F)F)cc1. The molecule has 3 aromatic rings. The van der Waals surface area contributed by atoms with Gasteiger partial charge in [0.15, 0.2) is 0 Å². The normalized spacial score (nSPS) is 11.9. The molecule has 3 rings (SSSR count). The van der Waals surface area contributed by atoms with Crippen LogP contribution in [-0.2, 0) is 18.8 Å². The van der Waals surface area contributed by atoms with Gasteiger partial charge in [0, 0.05) is 17.3 Å². The Hall–Kier alpha value is -3.34. The summed E-state index contributed by atoms with van der Waals surface area (Å²) in [4.78, 5) is 4.22. The summed E-state index contributed by atoms with van der Waals surface area (Å²) in [5.74, 6) is 0. The monoisotopic (exact) mass is 406 g/mol. The molecule has 0 saturated carbocycles. The minimum Gasteiger partial charge on any atom is -0.256 e. The Morgan fingerprint density at radius 3 is 1.69 bits per heavy atom. The lowest BCUT2D eigenvalue weighted by atomic mass is 9.97. The molecule has 29 heavy (non-hydrogen) atoms. The van der Waals surface area contributed by atoms with Crippen molar-refractivity contribution in [2.75, 3.05) is 0 Å². The molecule has 1 heterocycles. The van der Waals surface area contributed by atoms with Gasteiger partial charge < -0.3 is 0 Å². The first kappa shape index (κ1) is 20.4. The maximum absolute atomic E-state index is 12.7. The van der Waals surface area contributed by atoms with Crippen molar-refractivity contribution in [1.82, 2.24) is 4.98 Å². The van der Waals surface area contributed by atoms with E-state index in [2.05, 4.69) is 4.98 Å². The van der Waals surface area contributed by atoms with Crippen LogP contribution in [0.1, 0.15) is 16.7 Å². The zero-order valence-electron chi connectivity index (χ0n) is 14.6. The highest BCUT2D eigenvalue weighted by Gasteiger charge is 2.31. The van der Waals surface area contributed by atoms with Gasteiger partial charge in [-0.2, -0.15) is 31.6 Å². The number of nitrogens with zero attached hydrogens (tertiary/aromatic N) is 2. The minimum absolute atomic E-state index is 0.0352. The maximum Gasteiger partial charge on any atom is 0.416 e. The van der Waals surface area contributed by atoms with Crippen molar-refractivity contribution in [3.63, 3.8) is 0 Å². The highest BCUT2D eigenvalue weighted by molar-refractivity contribution is 5.71. The minimum atomic E-state index is -4.46. The third-order valence-corrected chi connectivity index (χ3v) is 4.29. The molecule has 0 bridgehead atoms. The molecule has 2 aromatic carbocycles. The fourth-order valence-corrected chi connectivity index (χ4v) is 2.82. The summed E-state index contributed by atoms with van der Waals surface area (Å²) in [6.07, 6.45) is -7.54. The standard InChI is InChI=1S/C21H12F6N2/c22-20(23,24)16-5-1-13(2-6-16)18-12-29-19(11-15(18)9-10-28)14-3-7-17(8-4-14)21(25,26)27/h1-8,11-12H,9H2. The van der Waals surface area contributed by atoms with E-state index >= 15 is 0 Å². The van der Waals surface area contributed by atoms with Crippen molar-refractivity contribution in [3.8, 4) is 28.5 Å². The second kappa shape index (κ2) is 7.59. The number of hydrogen-bond donors (Lipinski definition) is 0. The summed E-state index contributed by atoms with van der Waals surface area (Å²) < 4.78 is 76.3. The summed E-state index contributed by atoms with van der Waals surface area (Å²) in [7, 11) is 0. The highest BCUT2D eigenvalue weighted by atomic mass is 19.4. The molecule has 148 valence electrons. The number of alkyl halides is 6. The van der Waals surface area contributed by atoms with Gasteiger partial charge >= 0.3 is 12.4 Å². The lowest BCUT2D eigenvalue weighted by Crippen LogP contribution is -2.04.